The highest BCUT2D eigenvalue weighted by molar-refractivity contribution is 5.02. The zero-order chi connectivity index (χ0) is 27.2. The predicted molar refractivity (Wildman–Crippen MR) is 125 cm³/mol. The number of nitrogens with two attached hydrogens (primary N) is 5. The lowest BCUT2D eigenvalue weighted by atomic mass is 9.84. The molecule has 4 rings (SSSR count). The van der Waals surface area contributed by atoms with Crippen LogP contribution in [-0.4, -0.2) is 143 Å². The van der Waals surface area contributed by atoms with Gasteiger partial charge in [0.25, 0.3) is 0 Å². The molecule has 0 bridgehead atoms. The Morgan fingerprint density at radius 1 is 0.730 bits per heavy atom. The fraction of sp³-hybridized carbons (Fsp3) is 1.00. The van der Waals surface area contributed by atoms with Crippen LogP contribution in [0, 0.1) is 0 Å². The van der Waals surface area contributed by atoms with E-state index in [1.165, 1.54) is 0 Å². The molecule has 0 amide bonds. The van der Waals surface area contributed by atoms with Crippen LogP contribution in [0.15, 0.2) is 0 Å². The fourth-order valence-corrected chi connectivity index (χ4v) is 5.50. The monoisotopic (exact) mass is 538 g/mol. The number of hydrogen-bond acceptors (Lipinski definition) is 16. The predicted octanol–water partition coefficient (Wildman–Crippen LogP) is -6.98. The van der Waals surface area contributed by atoms with Crippen molar-refractivity contribution in [3.8, 4) is 0 Å². The largest absolute Gasteiger partial charge is 0.394 e. The number of hydrogen-bond donors (Lipinski definition) is 11. The number of likely N-dealkylation sites (N-methyl/N-ethyl adjacent to an activating group) is 1. The van der Waals surface area contributed by atoms with E-state index in [1.807, 2.05) is 0 Å². The first-order valence-electron chi connectivity index (χ1n) is 12.5. The molecule has 3 aliphatic heterocycles. The van der Waals surface area contributed by atoms with Gasteiger partial charge in [-0.15, -0.1) is 0 Å². The van der Waals surface area contributed by atoms with Gasteiger partial charge in [0.15, 0.2) is 18.9 Å². The Labute approximate surface area is 214 Å². The van der Waals surface area contributed by atoms with E-state index in [4.69, 9.17) is 52.4 Å². The van der Waals surface area contributed by atoms with Crippen LogP contribution in [0.2, 0.25) is 0 Å². The first kappa shape index (κ1) is 29.3. The van der Waals surface area contributed by atoms with Gasteiger partial charge in [0.1, 0.15) is 36.6 Å². The van der Waals surface area contributed by atoms with Crippen molar-refractivity contribution in [1.82, 2.24) is 5.32 Å². The lowest BCUT2D eigenvalue weighted by molar-refractivity contribution is -0.368. The maximum absolute atomic E-state index is 11.2. The lowest BCUT2D eigenvalue weighted by Gasteiger charge is -2.51. The van der Waals surface area contributed by atoms with Gasteiger partial charge in [0.2, 0.25) is 0 Å². The van der Waals surface area contributed by atoms with Gasteiger partial charge in [0.05, 0.1) is 43.0 Å². The van der Waals surface area contributed by atoms with E-state index in [0.717, 1.165) is 0 Å². The van der Waals surface area contributed by atoms with Crippen LogP contribution in [0.3, 0.4) is 0 Å². The number of aliphatic hydroxyl groups is 5. The molecule has 4 fully saturated rings. The van der Waals surface area contributed by atoms with Crippen molar-refractivity contribution in [3.05, 3.63) is 0 Å². The summed E-state index contributed by atoms with van der Waals surface area (Å²) in [4.78, 5) is 0. The normalized spacial score (nSPS) is 55.1. The smallest absolute Gasteiger partial charge is 0.188 e. The third-order valence-corrected chi connectivity index (χ3v) is 7.84. The van der Waals surface area contributed by atoms with Crippen LogP contribution in [0.5, 0.6) is 0 Å². The summed E-state index contributed by atoms with van der Waals surface area (Å²) in [7, 11) is 1.58. The zero-order valence-corrected chi connectivity index (χ0v) is 20.6. The second-order valence-corrected chi connectivity index (χ2v) is 10.4. The molecule has 0 spiro atoms. The van der Waals surface area contributed by atoms with Gasteiger partial charge >= 0.3 is 0 Å². The van der Waals surface area contributed by atoms with Gasteiger partial charge in [-0.2, -0.15) is 0 Å². The Morgan fingerprint density at radius 3 is 2.08 bits per heavy atom. The zero-order valence-electron chi connectivity index (χ0n) is 20.6. The second-order valence-electron chi connectivity index (χ2n) is 10.4. The highest BCUT2D eigenvalue weighted by Crippen LogP contribution is 2.35. The second kappa shape index (κ2) is 11.8. The molecule has 0 aromatic heterocycles. The van der Waals surface area contributed by atoms with Crippen LogP contribution < -0.4 is 34.0 Å². The Morgan fingerprint density at radius 2 is 1.43 bits per heavy atom. The topological polar surface area (TPSA) is 289 Å². The molecule has 0 aromatic rings. The molecule has 1 saturated carbocycles. The number of rotatable bonds is 6. The van der Waals surface area contributed by atoms with E-state index in [-0.39, 0.29) is 12.8 Å². The number of fused-ring (bicyclic) bond motifs is 1. The molecule has 16 N–H and O–H groups in total. The molecule has 4 aliphatic rings. The van der Waals surface area contributed by atoms with E-state index in [0.29, 0.717) is 0 Å². The minimum absolute atomic E-state index is 0.181. The van der Waals surface area contributed by atoms with Crippen LogP contribution >= 0.6 is 0 Å². The third-order valence-electron chi connectivity index (χ3n) is 7.84. The molecule has 216 valence electrons. The third kappa shape index (κ3) is 5.66. The number of ether oxygens (including phenoxy) is 5. The first-order chi connectivity index (χ1) is 17.5. The molecule has 37 heavy (non-hydrogen) atoms. The van der Waals surface area contributed by atoms with Crippen LogP contribution in [0.1, 0.15) is 12.8 Å². The molecule has 17 atom stereocenters. The van der Waals surface area contributed by atoms with E-state index in [9.17, 15) is 25.5 Å². The van der Waals surface area contributed by atoms with E-state index in [2.05, 4.69) is 5.32 Å². The molecule has 0 radical (unpaired) electrons. The maximum Gasteiger partial charge on any atom is 0.188 e. The standard InChI is InChI=1S/C21H42N6O10/c1-27-12-15(31)18-8(33-20(12)37-21-14(30)11(26)10(25)9(4-28)34-21)3-7(24)19(36-18)35-17-6(23)2-5(22)13(29)16(17)32/h5-21,27-32H,2-4,22-26H2,1H3/t5-,6?,7?,8+,9?,10-,11?,12?,13?,14?,15?,16?,17-,18?,19+,20?,21-/m1/s1. The van der Waals surface area contributed by atoms with Gasteiger partial charge in [-0.3, -0.25) is 0 Å². The average Bonchev–Trinajstić information content (AvgIpc) is 2.86. The average molecular weight is 539 g/mol. The summed E-state index contributed by atoms with van der Waals surface area (Å²) >= 11 is 0. The first-order valence-corrected chi connectivity index (χ1v) is 12.5. The Hall–Kier alpha value is -0.640. The van der Waals surface area contributed by atoms with E-state index >= 15 is 0 Å². The quantitative estimate of drug-likeness (QED) is 0.150. The molecular weight excluding hydrogens is 496 g/mol. The number of nitrogens with one attached hydrogen (secondary N) is 1. The molecule has 3 saturated heterocycles. The Balaban J connectivity index is 1.43. The molecular formula is C21H42N6O10. The molecule has 16 nitrogen and oxygen atoms in total. The Kier molecular flexibility index (Phi) is 9.40. The molecule has 0 aromatic carbocycles. The summed E-state index contributed by atoms with van der Waals surface area (Å²) in [6, 6.07) is -4.67. The summed E-state index contributed by atoms with van der Waals surface area (Å²) < 4.78 is 29.4. The van der Waals surface area contributed by atoms with Crippen molar-refractivity contribution in [2.24, 2.45) is 28.7 Å². The van der Waals surface area contributed by atoms with Gasteiger partial charge in [0, 0.05) is 12.1 Å². The SMILES string of the molecule is CNC1C(O[C@H]2OC(CO)[C@@H](N)C(N)C2O)O[C@H]2CC(N)[C@@H](O[C@@H]3C(N)C[C@@H](N)C(O)C3O)OC2C1O. The van der Waals surface area contributed by atoms with Gasteiger partial charge in [-0.25, -0.2) is 0 Å². The van der Waals surface area contributed by atoms with Crippen molar-refractivity contribution in [1.29, 1.82) is 0 Å². The molecule has 1 aliphatic carbocycles. The minimum atomic E-state index is -1.34. The van der Waals surface area contributed by atoms with Gasteiger partial charge < -0.3 is 83.2 Å². The maximum atomic E-state index is 11.2. The minimum Gasteiger partial charge on any atom is -0.394 e. The summed E-state index contributed by atoms with van der Waals surface area (Å²) in [5, 5.41) is 54.7. The summed E-state index contributed by atoms with van der Waals surface area (Å²) in [5.41, 5.74) is 30.1. The summed E-state index contributed by atoms with van der Waals surface area (Å²) in [6.45, 7) is -0.428. The van der Waals surface area contributed by atoms with Crippen molar-refractivity contribution in [3.63, 3.8) is 0 Å². The van der Waals surface area contributed by atoms with Crippen molar-refractivity contribution >= 4 is 0 Å². The van der Waals surface area contributed by atoms with Crippen molar-refractivity contribution in [2.45, 2.75) is 117 Å². The molecule has 16 heteroatoms. The van der Waals surface area contributed by atoms with Gasteiger partial charge in [-0.1, -0.05) is 0 Å². The fourth-order valence-electron chi connectivity index (χ4n) is 5.50. The van der Waals surface area contributed by atoms with Crippen LogP contribution in [-0.2, 0) is 23.7 Å². The molecule has 11 unspecified atom stereocenters. The number of aliphatic hydroxyl groups excluding tert-OH is 5. The lowest BCUT2D eigenvalue weighted by Crippen LogP contribution is -2.70. The van der Waals surface area contributed by atoms with Crippen molar-refractivity contribution in [2.75, 3.05) is 13.7 Å². The van der Waals surface area contributed by atoms with Crippen LogP contribution in [0.25, 0.3) is 0 Å². The summed E-state index contributed by atoms with van der Waals surface area (Å²) in [6.07, 6.45) is -11.6. The highest BCUT2D eigenvalue weighted by atomic mass is 16.8. The van der Waals surface area contributed by atoms with Crippen LogP contribution in [0.4, 0.5) is 0 Å². The molecule has 3 heterocycles. The van der Waals surface area contributed by atoms with Crippen molar-refractivity contribution < 1.29 is 49.2 Å². The van der Waals surface area contributed by atoms with E-state index < -0.39 is 111 Å². The van der Waals surface area contributed by atoms with E-state index in [1.54, 1.807) is 7.05 Å². The highest BCUT2D eigenvalue weighted by Gasteiger charge is 2.54. The van der Waals surface area contributed by atoms with Gasteiger partial charge in [-0.05, 0) is 19.9 Å². The Bertz CT molecular complexity index is 757. The summed E-state index contributed by atoms with van der Waals surface area (Å²) in [5.74, 6) is 0.